The molecule has 0 amide bonds. The van der Waals surface area contributed by atoms with Gasteiger partial charge in [0.2, 0.25) is 0 Å². The summed E-state index contributed by atoms with van der Waals surface area (Å²) in [4.78, 5) is 4.12. The molecule has 0 saturated heterocycles. The van der Waals surface area contributed by atoms with Gasteiger partial charge in [-0.3, -0.25) is 4.99 Å². The Balaban J connectivity index is 0.00000364. The summed E-state index contributed by atoms with van der Waals surface area (Å²) in [6.07, 6.45) is 0. The Morgan fingerprint density at radius 3 is 2.52 bits per heavy atom. The van der Waals surface area contributed by atoms with E-state index in [2.05, 4.69) is 15.6 Å². The van der Waals surface area contributed by atoms with Crippen LogP contribution in [-0.2, 0) is 6.54 Å². The third-order valence-corrected chi connectivity index (χ3v) is 3.66. The maximum absolute atomic E-state index is 13.5. The van der Waals surface area contributed by atoms with Gasteiger partial charge in [0.25, 0.3) is 0 Å². The molecule has 0 fully saturated rings. The minimum absolute atomic E-state index is 0. The Morgan fingerprint density at radius 2 is 1.85 bits per heavy atom. The first-order valence-corrected chi connectivity index (χ1v) is 8.19. The molecule has 0 heterocycles. The Labute approximate surface area is 175 Å². The molecular weight excluding hydrogens is 467 g/mol. The molecule has 5 nitrogen and oxygen atoms in total. The maximum Gasteiger partial charge on any atom is 0.191 e. The number of methoxy groups -OCH3 is 1. The van der Waals surface area contributed by atoms with Crippen LogP contribution in [0.1, 0.15) is 11.1 Å². The lowest BCUT2D eigenvalue weighted by Crippen LogP contribution is -2.39. The quantitative estimate of drug-likeness (QED) is 0.269. The summed E-state index contributed by atoms with van der Waals surface area (Å²) < 4.78 is 37.0. The monoisotopic (exact) mass is 491 g/mol. The number of aliphatic imine (C=N–C) groups is 1. The fraction of sp³-hybridized carbons (Fsp3) is 0.316. The van der Waals surface area contributed by atoms with Crippen LogP contribution in [0.4, 0.5) is 8.78 Å². The third-order valence-electron chi connectivity index (χ3n) is 3.66. The molecule has 0 radical (unpaired) electrons. The van der Waals surface area contributed by atoms with Crippen LogP contribution >= 0.6 is 24.0 Å². The van der Waals surface area contributed by atoms with Gasteiger partial charge in [-0.2, -0.15) is 0 Å². The van der Waals surface area contributed by atoms with Gasteiger partial charge in [-0.05, 0) is 30.7 Å². The Hall–Kier alpha value is -2.10. The number of halogens is 3. The highest BCUT2D eigenvalue weighted by Crippen LogP contribution is 2.19. The number of hydrogen-bond donors (Lipinski definition) is 2. The van der Waals surface area contributed by atoms with Gasteiger partial charge in [-0.1, -0.05) is 12.1 Å². The number of guanidine groups is 1. The van der Waals surface area contributed by atoms with Gasteiger partial charge in [0.15, 0.2) is 17.5 Å². The zero-order valence-electron chi connectivity index (χ0n) is 15.5. The summed E-state index contributed by atoms with van der Waals surface area (Å²) in [5.41, 5.74) is 2.13. The number of nitrogens with zero attached hydrogens (tertiary/aromatic N) is 1. The van der Waals surface area contributed by atoms with Crippen LogP contribution in [-0.4, -0.2) is 33.3 Å². The molecule has 0 aliphatic rings. The Kier molecular flexibility index (Phi) is 9.84. The predicted octanol–water partition coefficient (Wildman–Crippen LogP) is 3.64. The van der Waals surface area contributed by atoms with Gasteiger partial charge in [-0.15, -0.1) is 24.0 Å². The predicted molar refractivity (Wildman–Crippen MR) is 113 cm³/mol. The van der Waals surface area contributed by atoms with E-state index in [9.17, 15) is 8.78 Å². The van der Waals surface area contributed by atoms with E-state index in [1.165, 1.54) is 6.07 Å². The van der Waals surface area contributed by atoms with E-state index < -0.39 is 11.6 Å². The van der Waals surface area contributed by atoms with Gasteiger partial charge in [0.1, 0.15) is 18.2 Å². The molecule has 148 valence electrons. The van der Waals surface area contributed by atoms with E-state index in [-0.39, 0.29) is 36.3 Å². The number of benzene rings is 2. The van der Waals surface area contributed by atoms with Crippen LogP contribution in [0.5, 0.6) is 11.5 Å². The molecule has 0 unspecified atom stereocenters. The van der Waals surface area contributed by atoms with Crippen molar-refractivity contribution < 1.29 is 18.3 Å². The highest BCUT2D eigenvalue weighted by Gasteiger charge is 2.06. The highest BCUT2D eigenvalue weighted by atomic mass is 127. The third kappa shape index (κ3) is 7.20. The van der Waals surface area contributed by atoms with Crippen LogP contribution in [0.2, 0.25) is 0 Å². The molecular formula is C19H24F2IN3O2. The molecule has 2 aromatic rings. The molecule has 2 N–H and O–H groups in total. The van der Waals surface area contributed by atoms with E-state index >= 15 is 0 Å². The van der Waals surface area contributed by atoms with Crippen molar-refractivity contribution in [3.8, 4) is 11.5 Å². The smallest absolute Gasteiger partial charge is 0.191 e. The number of hydrogen-bond acceptors (Lipinski definition) is 3. The maximum atomic E-state index is 13.5. The van der Waals surface area contributed by atoms with Gasteiger partial charge < -0.3 is 20.1 Å². The molecule has 8 heteroatoms. The zero-order valence-corrected chi connectivity index (χ0v) is 17.8. The average molecular weight is 491 g/mol. The molecule has 0 aliphatic heterocycles. The Bertz CT molecular complexity index is 773. The number of nitrogens with one attached hydrogen (secondary N) is 2. The molecule has 27 heavy (non-hydrogen) atoms. The van der Waals surface area contributed by atoms with E-state index in [1.54, 1.807) is 14.2 Å². The van der Waals surface area contributed by atoms with Gasteiger partial charge in [-0.25, -0.2) is 8.78 Å². The molecule has 0 aromatic heterocycles. The molecule has 0 saturated carbocycles. The SMILES string of the molecule is CN=C(NCCOc1ccc(F)cc1F)NCc1ccc(C)cc1OC.I. The van der Waals surface area contributed by atoms with Crippen LogP contribution in [0.3, 0.4) is 0 Å². The standard InChI is InChI=1S/C19H23F2N3O2.HI/c1-13-4-5-14(18(10-13)25-3)12-24-19(22-2)23-8-9-26-17-7-6-15(20)11-16(17)21;/h4-7,10-11H,8-9,12H2,1-3H3,(H2,22,23,24);1H. The molecule has 0 bridgehead atoms. The fourth-order valence-electron chi connectivity index (χ4n) is 2.32. The topological polar surface area (TPSA) is 54.9 Å². The minimum Gasteiger partial charge on any atom is -0.496 e. The second-order valence-corrected chi connectivity index (χ2v) is 5.59. The van der Waals surface area contributed by atoms with Crippen LogP contribution in [0.25, 0.3) is 0 Å². The first-order valence-electron chi connectivity index (χ1n) is 8.19. The van der Waals surface area contributed by atoms with E-state index in [4.69, 9.17) is 9.47 Å². The fourth-order valence-corrected chi connectivity index (χ4v) is 2.32. The molecule has 0 aliphatic carbocycles. The minimum atomic E-state index is -0.723. The summed E-state index contributed by atoms with van der Waals surface area (Å²) >= 11 is 0. The van der Waals surface area contributed by atoms with Crippen LogP contribution < -0.4 is 20.1 Å². The number of rotatable bonds is 7. The van der Waals surface area contributed by atoms with Crippen LogP contribution in [0.15, 0.2) is 41.4 Å². The number of ether oxygens (including phenoxy) is 2. The zero-order chi connectivity index (χ0) is 18.9. The van der Waals surface area contributed by atoms with E-state index in [0.717, 1.165) is 29.0 Å². The summed E-state index contributed by atoms with van der Waals surface area (Å²) in [7, 11) is 3.29. The number of aryl methyl sites for hydroxylation is 1. The van der Waals surface area contributed by atoms with Crippen molar-refractivity contribution in [2.24, 2.45) is 4.99 Å². The molecule has 2 aromatic carbocycles. The van der Waals surface area contributed by atoms with Crippen molar-refractivity contribution in [3.05, 3.63) is 59.2 Å². The van der Waals surface area contributed by atoms with Crippen molar-refractivity contribution in [3.63, 3.8) is 0 Å². The summed E-state index contributed by atoms with van der Waals surface area (Å²) in [5, 5.41) is 6.24. The van der Waals surface area contributed by atoms with Gasteiger partial charge >= 0.3 is 0 Å². The molecule has 0 atom stereocenters. The van der Waals surface area contributed by atoms with Gasteiger partial charge in [0.05, 0.1) is 13.7 Å². The van der Waals surface area contributed by atoms with Gasteiger partial charge in [0, 0.05) is 25.2 Å². The molecule has 2 rings (SSSR count). The first kappa shape index (κ1) is 22.9. The second kappa shape index (κ2) is 11.6. The lowest BCUT2D eigenvalue weighted by molar-refractivity contribution is 0.304. The van der Waals surface area contributed by atoms with Crippen molar-refractivity contribution >= 4 is 29.9 Å². The van der Waals surface area contributed by atoms with Crippen molar-refractivity contribution in [2.45, 2.75) is 13.5 Å². The lowest BCUT2D eigenvalue weighted by Gasteiger charge is -2.14. The average Bonchev–Trinajstić information content (AvgIpc) is 2.63. The largest absolute Gasteiger partial charge is 0.496 e. The van der Waals surface area contributed by atoms with Crippen molar-refractivity contribution in [1.29, 1.82) is 0 Å². The van der Waals surface area contributed by atoms with Crippen molar-refractivity contribution in [1.82, 2.24) is 10.6 Å². The van der Waals surface area contributed by atoms with Crippen molar-refractivity contribution in [2.75, 3.05) is 27.3 Å². The summed E-state index contributed by atoms with van der Waals surface area (Å²) in [6.45, 7) is 3.15. The molecule has 0 spiro atoms. The van der Waals surface area contributed by atoms with E-state index in [0.29, 0.717) is 19.0 Å². The summed E-state index contributed by atoms with van der Waals surface area (Å²) in [5.74, 6) is 0.0440. The lowest BCUT2D eigenvalue weighted by atomic mass is 10.1. The Morgan fingerprint density at radius 1 is 1.07 bits per heavy atom. The second-order valence-electron chi connectivity index (χ2n) is 5.59. The highest BCUT2D eigenvalue weighted by molar-refractivity contribution is 14.0. The first-order chi connectivity index (χ1) is 12.5. The summed E-state index contributed by atoms with van der Waals surface area (Å²) in [6, 6.07) is 9.19. The van der Waals surface area contributed by atoms with E-state index in [1.807, 2.05) is 25.1 Å². The normalized spacial score (nSPS) is 10.8. The van der Waals surface area contributed by atoms with Crippen LogP contribution in [0, 0.1) is 18.6 Å².